The van der Waals surface area contributed by atoms with Gasteiger partial charge in [-0.3, -0.25) is 0 Å². The highest BCUT2D eigenvalue weighted by Crippen LogP contribution is 2.26. The van der Waals surface area contributed by atoms with Crippen LogP contribution in [0.4, 0.5) is 0 Å². The Labute approximate surface area is 126 Å². The van der Waals surface area contributed by atoms with E-state index in [0.29, 0.717) is 12.2 Å². The third-order valence-corrected chi connectivity index (χ3v) is 4.64. The van der Waals surface area contributed by atoms with Crippen LogP contribution in [0.5, 0.6) is 0 Å². The first-order valence-electron chi connectivity index (χ1n) is 7.35. The number of methoxy groups -OCH3 is 1. The van der Waals surface area contributed by atoms with Gasteiger partial charge in [-0.1, -0.05) is 12.1 Å². The van der Waals surface area contributed by atoms with Crippen LogP contribution in [-0.4, -0.2) is 38.2 Å². The molecule has 1 aromatic carbocycles. The van der Waals surface area contributed by atoms with E-state index in [2.05, 4.69) is 36.5 Å². The minimum absolute atomic E-state index is 0.436. The van der Waals surface area contributed by atoms with Crippen molar-refractivity contribution in [2.24, 2.45) is 0 Å². The second kappa shape index (κ2) is 8.67. The van der Waals surface area contributed by atoms with Gasteiger partial charge >= 0.3 is 0 Å². The molecule has 1 fully saturated rings. The number of benzene rings is 1. The van der Waals surface area contributed by atoms with Crippen LogP contribution in [0.25, 0.3) is 0 Å². The van der Waals surface area contributed by atoms with Crippen molar-refractivity contribution in [1.29, 1.82) is 0 Å². The Kier molecular flexibility index (Phi) is 6.87. The Morgan fingerprint density at radius 3 is 2.75 bits per heavy atom. The number of thioether (sulfide) groups is 1. The molecular formula is C16H25NO2S. The Balaban J connectivity index is 1.68. The average Bonchev–Trinajstić information content (AvgIpc) is 2.88. The molecule has 1 N–H and O–H groups in total. The zero-order valence-corrected chi connectivity index (χ0v) is 13.2. The molecule has 0 amide bonds. The van der Waals surface area contributed by atoms with E-state index in [1.54, 1.807) is 7.11 Å². The fourth-order valence-corrected chi connectivity index (χ4v) is 3.26. The molecule has 20 heavy (non-hydrogen) atoms. The van der Waals surface area contributed by atoms with Gasteiger partial charge in [-0.2, -0.15) is 0 Å². The van der Waals surface area contributed by atoms with Crippen LogP contribution in [0.3, 0.4) is 0 Å². The summed E-state index contributed by atoms with van der Waals surface area (Å²) >= 11 is 1.89. The van der Waals surface area contributed by atoms with Crippen LogP contribution in [0.2, 0.25) is 0 Å². The van der Waals surface area contributed by atoms with Crippen LogP contribution in [-0.2, 0) is 16.0 Å². The van der Waals surface area contributed by atoms with E-state index in [-0.39, 0.29) is 0 Å². The van der Waals surface area contributed by atoms with Crippen molar-refractivity contribution in [2.45, 2.75) is 43.4 Å². The summed E-state index contributed by atoms with van der Waals surface area (Å²) in [6.07, 6.45) is 3.29. The third-order valence-electron chi connectivity index (χ3n) is 3.49. The van der Waals surface area contributed by atoms with Crippen LogP contribution in [0, 0.1) is 0 Å². The lowest BCUT2D eigenvalue weighted by atomic mass is 10.2. The first kappa shape index (κ1) is 15.8. The molecule has 0 radical (unpaired) electrons. The third kappa shape index (κ3) is 5.44. The number of hydrogen-bond donors (Lipinski definition) is 1. The van der Waals surface area contributed by atoms with E-state index in [1.165, 1.54) is 23.3 Å². The monoisotopic (exact) mass is 295 g/mol. The molecule has 0 spiro atoms. The fraction of sp³-hybridized carbons (Fsp3) is 0.625. The lowest BCUT2D eigenvalue weighted by Gasteiger charge is -2.11. The van der Waals surface area contributed by atoms with E-state index in [1.807, 2.05) is 11.8 Å². The van der Waals surface area contributed by atoms with Crippen molar-refractivity contribution in [1.82, 2.24) is 5.32 Å². The standard InChI is InChI=1S/C16H25NO2S/c1-13-3-6-15(19-13)12-20-16-7-4-14(5-8-16)11-17-9-10-18-2/h4-5,7-8,13,15,17H,3,6,9-12H2,1-2H3. The maximum Gasteiger partial charge on any atom is 0.0673 e. The van der Waals surface area contributed by atoms with Crippen molar-refractivity contribution < 1.29 is 9.47 Å². The first-order chi connectivity index (χ1) is 9.78. The van der Waals surface area contributed by atoms with Gasteiger partial charge in [-0.05, 0) is 37.5 Å². The first-order valence-corrected chi connectivity index (χ1v) is 8.33. The molecule has 0 aromatic heterocycles. The zero-order valence-electron chi connectivity index (χ0n) is 12.4. The quantitative estimate of drug-likeness (QED) is 0.590. The second-order valence-corrected chi connectivity index (χ2v) is 6.36. The highest BCUT2D eigenvalue weighted by molar-refractivity contribution is 7.99. The van der Waals surface area contributed by atoms with Crippen molar-refractivity contribution in [2.75, 3.05) is 26.0 Å². The van der Waals surface area contributed by atoms with Gasteiger partial charge < -0.3 is 14.8 Å². The summed E-state index contributed by atoms with van der Waals surface area (Å²) in [4.78, 5) is 1.33. The highest BCUT2D eigenvalue weighted by Gasteiger charge is 2.21. The summed E-state index contributed by atoms with van der Waals surface area (Å²) in [7, 11) is 1.72. The summed E-state index contributed by atoms with van der Waals surface area (Å²) in [6.45, 7) is 4.71. The Morgan fingerprint density at radius 1 is 1.30 bits per heavy atom. The normalized spacial score (nSPS) is 22.3. The Morgan fingerprint density at radius 2 is 2.10 bits per heavy atom. The molecule has 0 bridgehead atoms. The van der Waals surface area contributed by atoms with Gasteiger partial charge in [0.25, 0.3) is 0 Å². The maximum atomic E-state index is 5.84. The van der Waals surface area contributed by atoms with Crippen LogP contribution in [0.15, 0.2) is 29.2 Å². The second-order valence-electron chi connectivity index (χ2n) is 5.27. The number of nitrogens with one attached hydrogen (secondary N) is 1. The van der Waals surface area contributed by atoms with Crippen LogP contribution in [0.1, 0.15) is 25.3 Å². The molecule has 4 heteroatoms. The zero-order chi connectivity index (χ0) is 14.2. The minimum Gasteiger partial charge on any atom is -0.383 e. The van der Waals surface area contributed by atoms with E-state index < -0.39 is 0 Å². The summed E-state index contributed by atoms with van der Waals surface area (Å²) in [5.41, 5.74) is 1.32. The number of hydrogen-bond acceptors (Lipinski definition) is 4. The van der Waals surface area contributed by atoms with Gasteiger partial charge in [-0.25, -0.2) is 0 Å². The summed E-state index contributed by atoms with van der Waals surface area (Å²) in [5, 5.41) is 3.35. The average molecular weight is 295 g/mol. The van der Waals surface area contributed by atoms with Gasteiger partial charge in [0.1, 0.15) is 0 Å². The van der Waals surface area contributed by atoms with Crippen molar-refractivity contribution in [3.63, 3.8) is 0 Å². The molecule has 0 saturated carbocycles. The summed E-state index contributed by atoms with van der Waals surface area (Å²) in [6, 6.07) is 8.80. The van der Waals surface area contributed by atoms with Crippen molar-refractivity contribution in [3.05, 3.63) is 29.8 Å². The van der Waals surface area contributed by atoms with Crippen molar-refractivity contribution >= 4 is 11.8 Å². The highest BCUT2D eigenvalue weighted by atomic mass is 32.2. The van der Waals surface area contributed by atoms with E-state index in [0.717, 1.165) is 25.4 Å². The lowest BCUT2D eigenvalue weighted by molar-refractivity contribution is 0.0700. The van der Waals surface area contributed by atoms with Crippen molar-refractivity contribution in [3.8, 4) is 0 Å². The molecule has 2 rings (SSSR count). The summed E-state index contributed by atoms with van der Waals surface area (Å²) in [5.74, 6) is 1.07. The Hall–Kier alpha value is -0.550. The molecule has 1 aromatic rings. The van der Waals surface area contributed by atoms with Gasteiger partial charge in [0, 0.05) is 30.8 Å². The van der Waals surface area contributed by atoms with Gasteiger partial charge in [0.15, 0.2) is 0 Å². The molecule has 2 unspecified atom stereocenters. The van der Waals surface area contributed by atoms with Gasteiger partial charge in [0.2, 0.25) is 0 Å². The van der Waals surface area contributed by atoms with Gasteiger partial charge in [0.05, 0.1) is 18.8 Å². The SMILES string of the molecule is COCCNCc1ccc(SCC2CCC(C)O2)cc1. The molecule has 1 saturated heterocycles. The molecule has 2 atom stereocenters. The number of rotatable bonds is 8. The van der Waals surface area contributed by atoms with Crippen LogP contribution < -0.4 is 5.32 Å². The molecule has 1 aliphatic rings. The Bertz CT molecular complexity index is 383. The van der Waals surface area contributed by atoms with E-state index in [4.69, 9.17) is 9.47 Å². The minimum atomic E-state index is 0.436. The predicted octanol–water partition coefficient (Wildman–Crippen LogP) is 3.08. The van der Waals surface area contributed by atoms with E-state index >= 15 is 0 Å². The van der Waals surface area contributed by atoms with Gasteiger partial charge in [-0.15, -0.1) is 11.8 Å². The molecule has 112 valence electrons. The topological polar surface area (TPSA) is 30.5 Å². The largest absolute Gasteiger partial charge is 0.383 e. The van der Waals surface area contributed by atoms with E-state index in [9.17, 15) is 0 Å². The molecular weight excluding hydrogens is 270 g/mol. The summed E-state index contributed by atoms with van der Waals surface area (Å²) < 4.78 is 10.8. The molecule has 3 nitrogen and oxygen atoms in total. The predicted molar refractivity (Wildman–Crippen MR) is 84.3 cm³/mol. The molecule has 1 heterocycles. The lowest BCUT2D eigenvalue weighted by Crippen LogP contribution is -2.18. The van der Waals surface area contributed by atoms with Crippen LogP contribution >= 0.6 is 11.8 Å². The smallest absolute Gasteiger partial charge is 0.0673 e. The fourth-order valence-electron chi connectivity index (χ4n) is 2.31. The molecule has 0 aliphatic carbocycles. The molecule has 1 aliphatic heterocycles. The maximum absolute atomic E-state index is 5.84. The number of ether oxygens (including phenoxy) is 2.